The van der Waals surface area contributed by atoms with Crippen LogP contribution in [0.4, 0.5) is 4.39 Å². The van der Waals surface area contributed by atoms with Crippen LogP contribution in [0, 0.1) is 18.7 Å². The van der Waals surface area contributed by atoms with E-state index in [4.69, 9.17) is 19.9 Å². The number of hydrogen-bond acceptors (Lipinski definition) is 5. The second-order valence-corrected chi connectivity index (χ2v) is 7.25. The number of carbonyl (C=O) groups excluding carboxylic acids is 1. The van der Waals surface area contributed by atoms with Crippen molar-refractivity contribution >= 4 is 5.97 Å². The lowest BCUT2D eigenvalue weighted by atomic mass is 9.89. The molecule has 0 unspecified atom stereocenters. The molecule has 6 heteroatoms. The van der Waals surface area contributed by atoms with Crippen LogP contribution in [0.25, 0.3) is 0 Å². The Balaban J connectivity index is 1.86. The van der Waals surface area contributed by atoms with Gasteiger partial charge in [0.2, 0.25) is 0 Å². The summed E-state index contributed by atoms with van der Waals surface area (Å²) in [4.78, 5) is 12.2. The molecule has 2 aromatic rings. The van der Waals surface area contributed by atoms with Crippen molar-refractivity contribution in [3.63, 3.8) is 0 Å². The molecule has 0 bridgehead atoms. The van der Waals surface area contributed by atoms with Gasteiger partial charge in [-0.05, 0) is 50.1 Å². The van der Waals surface area contributed by atoms with Crippen LogP contribution < -0.4 is 10.5 Å². The minimum Gasteiger partial charge on any atom is -0.488 e. The van der Waals surface area contributed by atoms with Gasteiger partial charge in [0.05, 0.1) is 13.2 Å². The molecule has 0 amide bonds. The maximum atomic E-state index is 13.3. The molecule has 1 fully saturated rings. The Morgan fingerprint density at radius 3 is 2.46 bits per heavy atom. The van der Waals surface area contributed by atoms with Crippen molar-refractivity contribution in [1.82, 2.24) is 0 Å². The van der Waals surface area contributed by atoms with E-state index in [-0.39, 0.29) is 31.1 Å². The average Bonchev–Trinajstić information content (AvgIpc) is 2.71. The summed E-state index contributed by atoms with van der Waals surface area (Å²) in [6.45, 7) is 4.18. The third-order valence-corrected chi connectivity index (χ3v) is 4.96. The molecule has 0 radical (unpaired) electrons. The molecule has 0 aliphatic carbocycles. The third-order valence-electron chi connectivity index (χ3n) is 4.96. The van der Waals surface area contributed by atoms with Crippen molar-refractivity contribution in [1.29, 1.82) is 0 Å². The Kier molecular flexibility index (Phi) is 6.65. The summed E-state index contributed by atoms with van der Waals surface area (Å²) in [7, 11) is 0. The Bertz CT molecular complexity index is 778. The number of hydrogen-bond donors (Lipinski definition) is 1. The summed E-state index contributed by atoms with van der Waals surface area (Å²) >= 11 is 0. The number of cyclic esters (lactones) is 1. The van der Waals surface area contributed by atoms with E-state index in [0.717, 1.165) is 11.1 Å². The van der Waals surface area contributed by atoms with Gasteiger partial charge in [-0.2, -0.15) is 0 Å². The first-order valence-electron chi connectivity index (χ1n) is 9.44. The molecule has 3 rings (SSSR count). The lowest BCUT2D eigenvalue weighted by Crippen LogP contribution is -2.41. The predicted octanol–water partition coefficient (Wildman–Crippen LogP) is 3.03. The first-order chi connectivity index (χ1) is 13.4. The van der Waals surface area contributed by atoms with E-state index in [1.807, 2.05) is 38.1 Å². The summed E-state index contributed by atoms with van der Waals surface area (Å²) in [5.74, 6) is -0.265. The van der Waals surface area contributed by atoms with E-state index in [1.165, 1.54) is 12.1 Å². The normalized spacial score (nSPS) is 25.9. The minimum absolute atomic E-state index is 0.0720. The van der Waals surface area contributed by atoms with E-state index in [1.54, 1.807) is 12.1 Å². The quantitative estimate of drug-likeness (QED) is 0.817. The largest absolute Gasteiger partial charge is 0.488 e. The Morgan fingerprint density at radius 1 is 1.11 bits per heavy atom. The van der Waals surface area contributed by atoms with Crippen LogP contribution in [0.5, 0.6) is 5.75 Å². The highest BCUT2D eigenvalue weighted by atomic mass is 19.1. The summed E-state index contributed by atoms with van der Waals surface area (Å²) in [6.07, 6.45) is -0.259. The number of nitrogens with two attached hydrogens (primary N) is 1. The standard InChI is InChI=1S/C22H26FNO4/c1-14-3-9-18(10-4-14)28-21-13-26-12-20(24)22(25)27-15(2)19(21)11-16-5-7-17(23)8-6-16/h3-10,15,19-21H,11-13,24H2,1-2H3/t15-,19-,20-,21-/m0/s1. The summed E-state index contributed by atoms with van der Waals surface area (Å²) in [5.41, 5.74) is 7.89. The van der Waals surface area contributed by atoms with Gasteiger partial charge in [0.25, 0.3) is 0 Å². The smallest absolute Gasteiger partial charge is 0.325 e. The van der Waals surface area contributed by atoms with Crippen molar-refractivity contribution in [2.45, 2.75) is 38.5 Å². The van der Waals surface area contributed by atoms with Crippen LogP contribution in [-0.2, 0) is 20.7 Å². The molecular weight excluding hydrogens is 361 g/mol. The molecule has 1 aliphatic rings. The predicted molar refractivity (Wildman–Crippen MR) is 104 cm³/mol. The van der Waals surface area contributed by atoms with E-state index in [0.29, 0.717) is 12.2 Å². The van der Waals surface area contributed by atoms with Gasteiger partial charge in [0, 0.05) is 5.92 Å². The number of carbonyl (C=O) groups is 1. The third kappa shape index (κ3) is 5.30. The van der Waals surface area contributed by atoms with Gasteiger partial charge in [-0.3, -0.25) is 4.79 Å². The van der Waals surface area contributed by atoms with Gasteiger partial charge in [0.1, 0.15) is 29.8 Å². The van der Waals surface area contributed by atoms with Crippen molar-refractivity contribution in [2.24, 2.45) is 11.7 Å². The number of esters is 1. The lowest BCUT2D eigenvalue weighted by molar-refractivity contribution is -0.153. The number of aryl methyl sites for hydroxylation is 1. The second kappa shape index (κ2) is 9.17. The molecule has 2 N–H and O–H groups in total. The summed E-state index contributed by atoms with van der Waals surface area (Å²) < 4.78 is 30.7. The zero-order valence-corrected chi connectivity index (χ0v) is 16.1. The number of rotatable bonds is 4. The summed E-state index contributed by atoms with van der Waals surface area (Å²) in [6, 6.07) is 13.2. The molecule has 150 valence electrons. The Labute approximate surface area is 164 Å². The Hall–Kier alpha value is -2.44. The number of benzene rings is 2. The highest BCUT2D eigenvalue weighted by molar-refractivity contribution is 5.75. The molecule has 0 aromatic heterocycles. The monoisotopic (exact) mass is 387 g/mol. The van der Waals surface area contributed by atoms with Crippen LogP contribution in [-0.4, -0.2) is 37.4 Å². The zero-order chi connectivity index (χ0) is 20.1. The van der Waals surface area contributed by atoms with Crippen LogP contribution >= 0.6 is 0 Å². The number of halogens is 1. The molecule has 1 saturated heterocycles. The van der Waals surface area contributed by atoms with Crippen molar-refractivity contribution < 1.29 is 23.4 Å². The SMILES string of the molecule is Cc1ccc(O[C@H]2COC[C@H](N)C(=O)O[C@@H](C)[C@@H]2Cc2ccc(F)cc2)cc1. The highest BCUT2D eigenvalue weighted by Crippen LogP contribution is 2.26. The van der Waals surface area contributed by atoms with Gasteiger partial charge in [-0.25, -0.2) is 4.39 Å². The van der Waals surface area contributed by atoms with Crippen molar-refractivity contribution in [3.05, 3.63) is 65.5 Å². The fraction of sp³-hybridized carbons (Fsp3) is 0.409. The van der Waals surface area contributed by atoms with Gasteiger partial charge >= 0.3 is 5.97 Å². The molecular formula is C22H26FNO4. The number of ether oxygens (including phenoxy) is 3. The fourth-order valence-electron chi connectivity index (χ4n) is 3.27. The van der Waals surface area contributed by atoms with Gasteiger partial charge < -0.3 is 19.9 Å². The highest BCUT2D eigenvalue weighted by Gasteiger charge is 2.34. The van der Waals surface area contributed by atoms with Crippen LogP contribution in [0.1, 0.15) is 18.1 Å². The minimum atomic E-state index is -0.827. The first kappa shape index (κ1) is 20.3. The average molecular weight is 387 g/mol. The topological polar surface area (TPSA) is 70.8 Å². The molecule has 28 heavy (non-hydrogen) atoms. The molecule has 4 atom stereocenters. The fourth-order valence-corrected chi connectivity index (χ4v) is 3.27. The molecule has 1 aliphatic heterocycles. The van der Waals surface area contributed by atoms with Gasteiger partial charge in [-0.15, -0.1) is 0 Å². The van der Waals surface area contributed by atoms with E-state index in [2.05, 4.69) is 0 Å². The molecule has 5 nitrogen and oxygen atoms in total. The maximum Gasteiger partial charge on any atom is 0.325 e. The van der Waals surface area contributed by atoms with E-state index < -0.39 is 18.1 Å². The molecule has 0 spiro atoms. The van der Waals surface area contributed by atoms with Crippen molar-refractivity contribution in [3.8, 4) is 5.75 Å². The molecule has 2 aromatic carbocycles. The van der Waals surface area contributed by atoms with Crippen molar-refractivity contribution in [2.75, 3.05) is 13.2 Å². The van der Waals surface area contributed by atoms with Gasteiger partial charge in [0.15, 0.2) is 0 Å². The van der Waals surface area contributed by atoms with E-state index >= 15 is 0 Å². The molecule has 1 heterocycles. The van der Waals surface area contributed by atoms with Gasteiger partial charge in [-0.1, -0.05) is 29.8 Å². The van der Waals surface area contributed by atoms with Crippen LogP contribution in [0.15, 0.2) is 48.5 Å². The Morgan fingerprint density at radius 2 is 1.79 bits per heavy atom. The van der Waals surface area contributed by atoms with E-state index in [9.17, 15) is 9.18 Å². The summed E-state index contributed by atoms with van der Waals surface area (Å²) in [5, 5.41) is 0. The lowest BCUT2D eigenvalue weighted by Gasteiger charge is -2.31. The molecule has 0 saturated carbocycles. The van der Waals surface area contributed by atoms with Crippen LogP contribution in [0.2, 0.25) is 0 Å². The second-order valence-electron chi connectivity index (χ2n) is 7.25. The van der Waals surface area contributed by atoms with Crippen LogP contribution in [0.3, 0.4) is 0 Å². The first-order valence-corrected chi connectivity index (χ1v) is 9.44. The maximum absolute atomic E-state index is 13.3. The zero-order valence-electron chi connectivity index (χ0n) is 16.1.